The van der Waals surface area contributed by atoms with Crippen LogP contribution in [0.4, 0.5) is 0 Å². The van der Waals surface area contributed by atoms with Crippen molar-refractivity contribution in [3.63, 3.8) is 0 Å². The summed E-state index contributed by atoms with van der Waals surface area (Å²) in [6, 6.07) is 13.2. The fourth-order valence-electron chi connectivity index (χ4n) is 2.51. The zero-order chi connectivity index (χ0) is 20.1. The quantitative estimate of drug-likeness (QED) is 0.591. The van der Waals surface area contributed by atoms with E-state index in [1.54, 1.807) is 36.4 Å². The molecule has 0 amide bonds. The van der Waals surface area contributed by atoms with Gasteiger partial charge in [0.2, 0.25) is 10.0 Å². The second-order valence-electron chi connectivity index (χ2n) is 6.44. The molecule has 8 heteroatoms. The van der Waals surface area contributed by atoms with Crippen molar-refractivity contribution < 1.29 is 21.0 Å². The molecule has 0 aromatic heterocycles. The highest BCUT2D eigenvalue weighted by atomic mass is 32.2. The van der Waals surface area contributed by atoms with Gasteiger partial charge in [0.15, 0.2) is 0 Å². The van der Waals surface area contributed by atoms with Gasteiger partial charge in [0.1, 0.15) is 5.75 Å². The third-order valence-corrected chi connectivity index (χ3v) is 6.30. The van der Waals surface area contributed by atoms with Gasteiger partial charge in [0.05, 0.1) is 11.2 Å². The summed E-state index contributed by atoms with van der Waals surface area (Å²) in [5.41, 5.74) is 1.75. The predicted molar refractivity (Wildman–Crippen MR) is 106 cm³/mol. The Kier molecular flexibility index (Phi) is 7.02. The lowest BCUT2D eigenvalue weighted by molar-refractivity contribution is 0.398. The first-order chi connectivity index (χ1) is 12.6. The molecule has 0 atom stereocenters. The molecule has 0 aliphatic carbocycles. The average molecular weight is 412 g/mol. The fraction of sp³-hybridized carbons (Fsp3) is 0.368. The second-order valence-corrected chi connectivity index (χ2v) is 9.95. The molecule has 2 aromatic carbocycles. The number of hydrogen-bond donors (Lipinski definition) is 0. The van der Waals surface area contributed by atoms with Gasteiger partial charge >= 0.3 is 10.1 Å². The molecule has 0 bridgehead atoms. The summed E-state index contributed by atoms with van der Waals surface area (Å²) >= 11 is 0. The van der Waals surface area contributed by atoms with Crippen molar-refractivity contribution in [3.05, 3.63) is 59.7 Å². The molecule has 0 saturated heterocycles. The van der Waals surface area contributed by atoms with Gasteiger partial charge in [0.25, 0.3) is 0 Å². The molecule has 2 aromatic rings. The van der Waals surface area contributed by atoms with E-state index < -0.39 is 20.1 Å². The number of unbranched alkanes of at least 4 members (excludes halogenated alkanes) is 1. The molecule has 0 spiro atoms. The van der Waals surface area contributed by atoms with E-state index in [4.69, 9.17) is 4.18 Å². The molecule has 2 rings (SSSR count). The van der Waals surface area contributed by atoms with Crippen LogP contribution in [0.15, 0.2) is 53.4 Å². The number of aryl methyl sites for hydroxylation is 1. The number of sulfonamides is 1. The van der Waals surface area contributed by atoms with Gasteiger partial charge in [-0.3, -0.25) is 0 Å². The van der Waals surface area contributed by atoms with Gasteiger partial charge in [-0.1, -0.05) is 43.2 Å². The van der Waals surface area contributed by atoms with Gasteiger partial charge in [0, 0.05) is 13.1 Å². The van der Waals surface area contributed by atoms with Crippen LogP contribution in [0.2, 0.25) is 0 Å². The lowest BCUT2D eigenvalue weighted by Crippen LogP contribution is -2.31. The van der Waals surface area contributed by atoms with E-state index >= 15 is 0 Å². The smallest absolute Gasteiger partial charge is 0.306 e. The minimum atomic E-state index is -3.62. The zero-order valence-electron chi connectivity index (χ0n) is 15.8. The first-order valence-electron chi connectivity index (χ1n) is 8.67. The van der Waals surface area contributed by atoms with Crippen LogP contribution >= 0.6 is 0 Å². The Morgan fingerprint density at radius 3 is 2.04 bits per heavy atom. The summed E-state index contributed by atoms with van der Waals surface area (Å²) in [7, 11) is -7.22. The molecule has 0 heterocycles. The topological polar surface area (TPSA) is 80.8 Å². The van der Waals surface area contributed by atoms with E-state index in [-0.39, 0.29) is 17.2 Å². The maximum absolute atomic E-state index is 13.0. The minimum absolute atomic E-state index is 0.197. The van der Waals surface area contributed by atoms with Crippen LogP contribution in [0.3, 0.4) is 0 Å². The van der Waals surface area contributed by atoms with Crippen LogP contribution in [0, 0.1) is 6.92 Å². The average Bonchev–Trinajstić information content (AvgIpc) is 2.59. The molecule has 0 aliphatic heterocycles. The molecule has 0 fully saturated rings. The SMILES string of the molecule is CCCCN(Cc1ccc(OS(C)(=O)=O)cc1)S(=O)(=O)c1ccc(C)cc1. The van der Waals surface area contributed by atoms with Crippen molar-refractivity contribution in [1.29, 1.82) is 0 Å². The minimum Gasteiger partial charge on any atom is -0.383 e. The molecule has 0 N–H and O–H groups in total. The number of benzene rings is 2. The summed E-state index contributed by atoms with van der Waals surface area (Å²) in [6.07, 6.45) is 2.60. The van der Waals surface area contributed by atoms with E-state index in [1.165, 1.54) is 16.4 Å². The van der Waals surface area contributed by atoms with E-state index in [0.29, 0.717) is 6.54 Å². The molecular weight excluding hydrogens is 386 g/mol. The molecule has 0 unspecified atom stereocenters. The van der Waals surface area contributed by atoms with Crippen LogP contribution in [-0.2, 0) is 26.7 Å². The second kappa shape index (κ2) is 8.86. The van der Waals surface area contributed by atoms with Crippen molar-refractivity contribution in [3.8, 4) is 5.75 Å². The van der Waals surface area contributed by atoms with Crippen molar-refractivity contribution in [2.75, 3.05) is 12.8 Å². The summed E-state index contributed by atoms with van der Waals surface area (Å²) in [5.74, 6) is 0.197. The van der Waals surface area contributed by atoms with Gasteiger partial charge < -0.3 is 4.18 Å². The van der Waals surface area contributed by atoms with E-state index in [0.717, 1.165) is 30.2 Å². The lowest BCUT2D eigenvalue weighted by Gasteiger charge is -2.22. The lowest BCUT2D eigenvalue weighted by atomic mass is 10.2. The van der Waals surface area contributed by atoms with E-state index in [1.807, 2.05) is 13.8 Å². The van der Waals surface area contributed by atoms with Crippen molar-refractivity contribution in [2.24, 2.45) is 0 Å². The largest absolute Gasteiger partial charge is 0.383 e. The summed E-state index contributed by atoms with van der Waals surface area (Å²) in [6.45, 7) is 4.53. The molecule has 6 nitrogen and oxygen atoms in total. The Morgan fingerprint density at radius 2 is 1.52 bits per heavy atom. The van der Waals surface area contributed by atoms with Crippen LogP contribution in [0.25, 0.3) is 0 Å². The summed E-state index contributed by atoms with van der Waals surface area (Å²) in [5, 5.41) is 0. The molecule has 27 heavy (non-hydrogen) atoms. The summed E-state index contributed by atoms with van der Waals surface area (Å²) in [4.78, 5) is 0.265. The third kappa shape index (κ3) is 6.34. The summed E-state index contributed by atoms with van der Waals surface area (Å²) < 4.78 is 54.7. The van der Waals surface area contributed by atoms with Crippen molar-refractivity contribution in [2.45, 2.75) is 38.1 Å². The maximum atomic E-state index is 13.0. The Hall–Kier alpha value is -1.90. The van der Waals surface area contributed by atoms with Crippen molar-refractivity contribution in [1.82, 2.24) is 4.31 Å². The fourth-order valence-corrected chi connectivity index (χ4v) is 4.43. The Labute approximate surface area is 162 Å². The van der Waals surface area contributed by atoms with Crippen LogP contribution in [0.5, 0.6) is 5.75 Å². The Balaban J connectivity index is 2.24. The zero-order valence-corrected chi connectivity index (χ0v) is 17.4. The van der Waals surface area contributed by atoms with Crippen LogP contribution < -0.4 is 4.18 Å². The van der Waals surface area contributed by atoms with E-state index in [9.17, 15) is 16.8 Å². The van der Waals surface area contributed by atoms with Gasteiger partial charge in [-0.2, -0.15) is 12.7 Å². The molecular formula is C19H25NO5S2. The third-order valence-electron chi connectivity index (χ3n) is 3.95. The van der Waals surface area contributed by atoms with E-state index in [2.05, 4.69) is 0 Å². The standard InChI is InChI=1S/C19H25NO5S2/c1-4-5-14-20(27(23,24)19-12-6-16(2)7-13-19)15-17-8-10-18(11-9-17)25-26(3,21)22/h6-13H,4-5,14-15H2,1-3H3. The normalized spacial score (nSPS) is 12.3. The molecule has 148 valence electrons. The molecule has 0 radical (unpaired) electrons. The Bertz CT molecular complexity index is 950. The highest BCUT2D eigenvalue weighted by molar-refractivity contribution is 7.89. The predicted octanol–water partition coefficient (Wildman–Crippen LogP) is 3.32. The van der Waals surface area contributed by atoms with Gasteiger partial charge in [-0.15, -0.1) is 0 Å². The molecule has 0 aliphatic rings. The number of hydrogen-bond acceptors (Lipinski definition) is 5. The Morgan fingerprint density at radius 1 is 0.926 bits per heavy atom. The first kappa shape index (κ1) is 21.4. The maximum Gasteiger partial charge on any atom is 0.306 e. The molecule has 0 saturated carbocycles. The number of nitrogens with zero attached hydrogens (tertiary/aromatic N) is 1. The van der Waals surface area contributed by atoms with Gasteiger partial charge in [-0.05, 0) is 43.2 Å². The van der Waals surface area contributed by atoms with Crippen LogP contribution in [0.1, 0.15) is 30.9 Å². The van der Waals surface area contributed by atoms with Gasteiger partial charge in [-0.25, -0.2) is 8.42 Å². The van der Waals surface area contributed by atoms with Crippen LogP contribution in [-0.4, -0.2) is 33.9 Å². The monoisotopic (exact) mass is 411 g/mol. The number of rotatable bonds is 9. The first-order valence-corrected chi connectivity index (χ1v) is 11.9. The van der Waals surface area contributed by atoms with Crippen molar-refractivity contribution >= 4 is 20.1 Å². The highest BCUT2D eigenvalue weighted by Crippen LogP contribution is 2.21. The highest BCUT2D eigenvalue weighted by Gasteiger charge is 2.24.